The number of thioether (sulfide) groups is 1. The van der Waals surface area contributed by atoms with E-state index in [-0.39, 0.29) is 11.6 Å². The van der Waals surface area contributed by atoms with Crippen LogP contribution >= 0.6 is 11.8 Å². The number of nitro benzene ring substituents is 1. The number of hydrogen-bond donors (Lipinski definition) is 0. The van der Waals surface area contributed by atoms with E-state index >= 15 is 0 Å². The van der Waals surface area contributed by atoms with E-state index in [0.717, 1.165) is 26.2 Å². The smallest absolute Gasteiger partial charge is 0.286 e. The molecule has 3 aromatic rings. The zero-order valence-electron chi connectivity index (χ0n) is 18.5. The van der Waals surface area contributed by atoms with Gasteiger partial charge in [0.2, 0.25) is 0 Å². The number of carbonyl (C=O) groups is 1. The fourth-order valence-corrected chi connectivity index (χ4v) is 5.02. The number of benzene rings is 2. The Hall–Kier alpha value is -3.85. The second-order valence-corrected chi connectivity index (χ2v) is 9.09. The maximum atomic E-state index is 12.5. The summed E-state index contributed by atoms with van der Waals surface area (Å²) >= 11 is 1.35. The van der Waals surface area contributed by atoms with Gasteiger partial charge in [-0.15, -0.1) is 0 Å². The lowest BCUT2D eigenvalue weighted by atomic mass is 10.1. The SMILES string of the molecule is Cc1ccccc1N1CCN(C2=NC(=O)C(=Cc3ccc(-c4cccc([N+](=O)[O-])c4)o3)S2)CC1. The van der Waals surface area contributed by atoms with Crippen LogP contribution in [0.2, 0.25) is 0 Å². The monoisotopic (exact) mass is 474 g/mol. The highest BCUT2D eigenvalue weighted by Gasteiger charge is 2.29. The molecule has 8 nitrogen and oxygen atoms in total. The number of anilines is 1. The second-order valence-electron chi connectivity index (χ2n) is 8.08. The molecule has 0 N–H and O–H groups in total. The zero-order valence-corrected chi connectivity index (χ0v) is 19.3. The van der Waals surface area contributed by atoms with Crippen molar-refractivity contribution in [2.75, 3.05) is 31.1 Å². The molecule has 1 saturated heterocycles. The minimum absolute atomic E-state index is 0.00380. The summed E-state index contributed by atoms with van der Waals surface area (Å²) in [7, 11) is 0. The van der Waals surface area contributed by atoms with Crippen LogP contribution in [0, 0.1) is 17.0 Å². The maximum absolute atomic E-state index is 12.5. The van der Waals surface area contributed by atoms with Crippen molar-refractivity contribution >= 4 is 40.3 Å². The van der Waals surface area contributed by atoms with Gasteiger partial charge in [0.1, 0.15) is 11.5 Å². The number of nitrogens with zero attached hydrogens (tertiary/aromatic N) is 4. The van der Waals surface area contributed by atoms with E-state index in [0.29, 0.717) is 27.2 Å². The average molecular weight is 475 g/mol. The van der Waals surface area contributed by atoms with Gasteiger partial charge in [0.15, 0.2) is 5.17 Å². The topological polar surface area (TPSA) is 92.2 Å². The number of carbonyl (C=O) groups excluding carboxylic acids is 1. The number of hydrogen-bond acceptors (Lipinski definition) is 7. The van der Waals surface area contributed by atoms with Crippen LogP contribution in [0.25, 0.3) is 17.4 Å². The number of aliphatic imine (C=N–C) groups is 1. The van der Waals surface area contributed by atoms with Crippen LogP contribution in [0.1, 0.15) is 11.3 Å². The van der Waals surface area contributed by atoms with Gasteiger partial charge in [-0.1, -0.05) is 30.3 Å². The summed E-state index contributed by atoms with van der Waals surface area (Å²) in [5, 5.41) is 11.7. The van der Waals surface area contributed by atoms with E-state index in [4.69, 9.17) is 4.42 Å². The molecule has 1 fully saturated rings. The fourth-order valence-electron chi connectivity index (χ4n) is 4.08. The molecule has 0 radical (unpaired) electrons. The summed E-state index contributed by atoms with van der Waals surface area (Å²) < 4.78 is 5.83. The Morgan fingerprint density at radius 3 is 2.56 bits per heavy atom. The molecule has 5 rings (SSSR count). The molecule has 1 amide bonds. The third-order valence-electron chi connectivity index (χ3n) is 5.86. The first-order chi connectivity index (χ1) is 16.5. The predicted molar refractivity (Wildman–Crippen MR) is 134 cm³/mol. The van der Waals surface area contributed by atoms with Gasteiger partial charge in [-0.2, -0.15) is 4.99 Å². The summed E-state index contributed by atoms with van der Waals surface area (Å²) in [6, 6.07) is 18.1. The summed E-state index contributed by atoms with van der Waals surface area (Å²) in [5.74, 6) is 0.715. The molecular weight excluding hydrogens is 452 g/mol. The third kappa shape index (κ3) is 4.47. The molecule has 2 aliphatic heterocycles. The Kier molecular flexibility index (Phi) is 5.93. The summed E-state index contributed by atoms with van der Waals surface area (Å²) in [6.45, 7) is 5.43. The van der Waals surface area contributed by atoms with Crippen LogP contribution in [0.15, 0.2) is 75.0 Å². The molecule has 0 aliphatic carbocycles. The highest BCUT2D eigenvalue weighted by molar-refractivity contribution is 8.18. The van der Waals surface area contributed by atoms with Crippen molar-refractivity contribution in [2.24, 2.45) is 4.99 Å². The Morgan fingerprint density at radius 1 is 1.03 bits per heavy atom. The highest BCUT2D eigenvalue weighted by atomic mass is 32.2. The van der Waals surface area contributed by atoms with Crippen molar-refractivity contribution in [2.45, 2.75) is 6.92 Å². The van der Waals surface area contributed by atoms with Gasteiger partial charge in [-0.25, -0.2) is 0 Å². The van der Waals surface area contributed by atoms with Gasteiger partial charge in [0.05, 0.1) is 9.83 Å². The maximum Gasteiger partial charge on any atom is 0.286 e. The number of piperazine rings is 1. The molecule has 3 heterocycles. The molecule has 0 saturated carbocycles. The van der Waals surface area contributed by atoms with Crippen LogP contribution < -0.4 is 4.90 Å². The number of amidine groups is 1. The third-order valence-corrected chi connectivity index (χ3v) is 6.90. The Labute approximate surface area is 200 Å². The van der Waals surface area contributed by atoms with Crippen molar-refractivity contribution < 1.29 is 14.1 Å². The lowest BCUT2D eigenvalue weighted by Gasteiger charge is -2.37. The van der Waals surface area contributed by atoms with Gasteiger partial charge in [0.25, 0.3) is 11.6 Å². The standard InChI is InChI=1S/C25H22N4O4S/c1-17-5-2-3-8-21(17)27-11-13-28(14-12-27)25-26-24(30)23(34-25)16-20-9-10-22(33-20)18-6-4-7-19(15-18)29(31)32/h2-10,15-16H,11-14H2,1H3. The Morgan fingerprint density at radius 2 is 1.79 bits per heavy atom. The summed E-state index contributed by atoms with van der Waals surface area (Å²) in [4.78, 5) is 32.4. The van der Waals surface area contributed by atoms with E-state index in [1.54, 1.807) is 30.3 Å². The molecule has 34 heavy (non-hydrogen) atoms. The largest absolute Gasteiger partial charge is 0.457 e. The van der Waals surface area contributed by atoms with Crippen molar-refractivity contribution in [3.8, 4) is 11.3 Å². The van der Waals surface area contributed by atoms with Gasteiger partial charge >= 0.3 is 0 Å². The molecule has 0 unspecified atom stereocenters. The van der Waals surface area contributed by atoms with Gasteiger partial charge in [-0.3, -0.25) is 14.9 Å². The molecule has 0 atom stereocenters. The number of aryl methyl sites for hydroxylation is 1. The first kappa shape index (κ1) is 22.0. The minimum Gasteiger partial charge on any atom is -0.457 e. The van der Waals surface area contributed by atoms with E-state index < -0.39 is 4.92 Å². The number of non-ortho nitro benzene ring substituents is 1. The van der Waals surface area contributed by atoms with Crippen LogP contribution in [0.3, 0.4) is 0 Å². The first-order valence-corrected chi connectivity index (χ1v) is 11.7. The lowest BCUT2D eigenvalue weighted by Crippen LogP contribution is -2.48. The fraction of sp³-hybridized carbons (Fsp3) is 0.200. The zero-order chi connectivity index (χ0) is 23.7. The van der Waals surface area contributed by atoms with Crippen LogP contribution in [-0.2, 0) is 4.79 Å². The van der Waals surface area contributed by atoms with Crippen molar-refractivity contribution in [1.82, 2.24) is 4.90 Å². The van der Waals surface area contributed by atoms with E-state index in [1.165, 1.54) is 35.1 Å². The molecule has 0 bridgehead atoms. The number of amides is 1. The first-order valence-electron chi connectivity index (χ1n) is 10.9. The van der Waals surface area contributed by atoms with Gasteiger partial charge < -0.3 is 14.2 Å². The molecule has 172 valence electrons. The predicted octanol–water partition coefficient (Wildman–Crippen LogP) is 4.96. The van der Waals surface area contributed by atoms with Gasteiger partial charge in [0, 0.05) is 55.6 Å². The van der Waals surface area contributed by atoms with Crippen LogP contribution in [0.5, 0.6) is 0 Å². The van der Waals surface area contributed by atoms with Crippen LogP contribution in [0.4, 0.5) is 11.4 Å². The highest BCUT2D eigenvalue weighted by Crippen LogP contribution is 2.33. The van der Waals surface area contributed by atoms with E-state index in [1.807, 2.05) is 6.07 Å². The Balaban J connectivity index is 1.25. The van der Waals surface area contributed by atoms with Crippen molar-refractivity contribution in [1.29, 1.82) is 0 Å². The van der Waals surface area contributed by atoms with Gasteiger partial charge in [-0.05, 0) is 42.4 Å². The molecule has 2 aliphatic rings. The molecular formula is C25H22N4O4S. The number of furan rings is 1. The van der Waals surface area contributed by atoms with Crippen LogP contribution in [-0.4, -0.2) is 47.1 Å². The number of rotatable bonds is 4. The lowest BCUT2D eigenvalue weighted by molar-refractivity contribution is -0.384. The number of para-hydroxylation sites is 1. The van der Waals surface area contributed by atoms with E-state index in [2.05, 4.69) is 39.9 Å². The molecule has 1 aromatic heterocycles. The summed E-state index contributed by atoms with van der Waals surface area (Å²) in [5.41, 5.74) is 3.10. The Bertz CT molecular complexity index is 1320. The minimum atomic E-state index is -0.442. The number of nitro groups is 1. The van der Waals surface area contributed by atoms with Crippen molar-refractivity contribution in [3.63, 3.8) is 0 Å². The molecule has 0 spiro atoms. The molecule has 9 heteroatoms. The van der Waals surface area contributed by atoms with Crippen molar-refractivity contribution in [3.05, 3.63) is 87.0 Å². The normalized spacial score (nSPS) is 17.4. The molecule has 2 aromatic carbocycles. The second kappa shape index (κ2) is 9.18. The quantitative estimate of drug-likeness (QED) is 0.300. The summed E-state index contributed by atoms with van der Waals surface area (Å²) in [6.07, 6.45) is 1.67. The van der Waals surface area contributed by atoms with E-state index in [9.17, 15) is 14.9 Å². The average Bonchev–Trinajstić information content (AvgIpc) is 3.47.